The first-order valence-corrected chi connectivity index (χ1v) is 5.77. The van der Waals surface area contributed by atoms with Crippen molar-refractivity contribution in [3.05, 3.63) is 18.0 Å². The van der Waals surface area contributed by atoms with Gasteiger partial charge in [0, 0.05) is 31.7 Å². The summed E-state index contributed by atoms with van der Waals surface area (Å²) in [6.45, 7) is 5.93. The summed E-state index contributed by atoms with van der Waals surface area (Å²) in [7, 11) is 2.01. The molecule has 16 heavy (non-hydrogen) atoms. The molecule has 0 aliphatic rings. The maximum Gasteiger partial charge on any atom is 0.0764 e. The lowest BCUT2D eigenvalue weighted by Crippen LogP contribution is -2.19. The predicted molar refractivity (Wildman–Crippen MR) is 63.8 cm³/mol. The van der Waals surface area contributed by atoms with Crippen LogP contribution in [0.2, 0.25) is 0 Å². The predicted octanol–water partition coefficient (Wildman–Crippen LogP) is 2.20. The van der Waals surface area contributed by atoms with Gasteiger partial charge in [0.05, 0.1) is 11.8 Å². The Morgan fingerprint density at radius 3 is 3.00 bits per heavy atom. The molecule has 0 saturated heterocycles. The van der Waals surface area contributed by atoms with Crippen LogP contribution in [0.4, 0.5) is 0 Å². The van der Waals surface area contributed by atoms with E-state index in [0.29, 0.717) is 12.5 Å². The third kappa shape index (κ3) is 3.67. The van der Waals surface area contributed by atoms with Crippen molar-refractivity contribution in [1.82, 2.24) is 14.7 Å². The van der Waals surface area contributed by atoms with E-state index in [1.54, 1.807) is 0 Å². The Morgan fingerprint density at radius 2 is 2.38 bits per heavy atom. The van der Waals surface area contributed by atoms with Crippen LogP contribution in [-0.2, 0) is 6.54 Å². The van der Waals surface area contributed by atoms with Gasteiger partial charge >= 0.3 is 0 Å². The molecule has 1 atom stereocenters. The van der Waals surface area contributed by atoms with Gasteiger partial charge in [-0.15, -0.1) is 0 Å². The van der Waals surface area contributed by atoms with Crippen LogP contribution in [0.15, 0.2) is 12.3 Å². The summed E-state index contributed by atoms with van der Waals surface area (Å²) in [5.74, 6) is 0. The lowest BCUT2D eigenvalue weighted by Gasteiger charge is -2.13. The van der Waals surface area contributed by atoms with Crippen LogP contribution >= 0.6 is 0 Å². The Kier molecular flexibility index (Phi) is 5.00. The molecule has 0 fully saturated rings. The van der Waals surface area contributed by atoms with E-state index in [0.717, 1.165) is 25.2 Å². The Morgan fingerprint density at radius 1 is 1.62 bits per heavy atom. The number of nitriles is 1. The summed E-state index contributed by atoms with van der Waals surface area (Å²) < 4.78 is 2.01. The standard InChI is InChI=1S/C12H20N4/c1-4-11(2)16-9-6-12(14-16)10-15(3)8-5-7-13/h6,9,11H,4-5,8,10H2,1-3H3. The summed E-state index contributed by atoms with van der Waals surface area (Å²) in [5.41, 5.74) is 1.07. The molecule has 1 heterocycles. The highest BCUT2D eigenvalue weighted by Crippen LogP contribution is 2.10. The largest absolute Gasteiger partial charge is 0.299 e. The number of hydrogen-bond acceptors (Lipinski definition) is 3. The minimum atomic E-state index is 0.457. The monoisotopic (exact) mass is 220 g/mol. The van der Waals surface area contributed by atoms with Crippen molar-refractivity contribution in [3.63, 3.8) is 0 Å². The molecule has 0 amide bonds. The average Bonchev–Trinajstić information content (AvgIpc) is 2.73. The van der Waals surface area contributed by atoms with Gasteiger partial charge in [0.2, 0.25) is 0 Å². The summed E-state index contributed by atoms with van der Waals surface area (Å²) >= 11 is 0. The molecule has 0 aliphatic heterocycles. The van der Waals surface area contributed by atoms with E-state index in [4.69, 9.17) is 5.26 Å². The Labute approximate surface area is 97.5 Å². The van der Waals surface area contributed by atoms with Gasteiger partial charge in [-0.05, 0) is 26.5 Å². The molecule has 1 unspecified atom stereocenters. The molecular weight excluding hydrogens is 200 g/mol. The molecule has 4 nitrogen and oxygen atoms in total. The lowest BCUT2D eigenvalue weighted by atomic mass is 10.3. The molecule has 0 N–H and O–H groups in total. The second-order valence-electron chi connectivity index (χ2n) is 4.19. The minimum Gasteiger partial charge on any atom is -0.299 e. The Hall–Kier alpha value is -1.34. The molecule has 0 aromatic carbocycles. The first-order valence-electron chi connectivity index (χ1n) is 5.77. The van der Waals surface area contributed by atoms with Gasteiger partial charge in [-0.3, -0.25) is 9.58 Å². The van der Waals surface area contributed by atoms with E-state index in [-0.39, 0.29) is 0 Å². The third-order valence-corrected chi connectivity index (χ3v) is 2.74. The zero-order chi connectivity index (χ0) is 12.0. The van der Waals surface area contributed by atoms with Crippen molar-refractivity contribution < 1.29 is 0 Å². The van der Waals surface area contributed by atoms with Gasteiger partial charge in [-0.2, -0.15) is 10.4 Å². The van der Waals surface area contributed by atoms with Crippen LogP contribution in [0, 0.1) is 11.3 Å². The normalized spacial score (nSPS) is 12.7. The van der Waals surface area contributed by atoms with Gasteiger partial charge in [-0.25, -0.2) is 0 Å². The topological polar surface area (TPSA) is 44.9 Å². The fraction of sp³-hybridized carbons (Fsp3) is 0.667. The lowest BCUT2D eigenvalue weighted by molar-refractivity contribution is 0.327. The number of nitrogens with zero attached hydrogens (tertiary/aromatic N) is 4. The van der Waals surface area contributed by atoms with E-state index in [1.807, 2.05) is 17.9 Å². The second kappa shape index (κ2) is 6.29. The number of aromatic nitrogens is 2. The second-order valence-corrected chi connectivity index (χ2v) is 4.19. The Bertz CT molecular complexity index is 350. The van der Waals surface area contributed by atoms with Crippen molar-refractivity contribution >= 4 is 0 Å². The zero-order valence-electron chi connectivity index (χ0n) is 10.3. The maximum absolute atomic E-state index is 8.49. The summed E-state index contributed by atoms with van der Waals surface area (Å²) in [6.07, 6.45) is 3.69. The molecular formula is C12H20N4. The molecule has 0 spiro atoms. The zero-order valence-corrected chi connectivity index (χ0v) is 10.3. The average molecular weight is 220 g/mol. The number of hydrogen-bond donors (Lipinski definition) is 0. The van der Waals surface area contributed by atoms with E-state index >= 15 is 0 Å². The smallest absolute Gasteiger partial charge is 0.0764 e. The van der Waals surface area contributed by atoms with E-state index in [2.05, 4.69) is 36.0 Å². The molecule has 1 aromatic rings. The van der Waals surface area contributed by atoms with Crippen LogP contribution in [-0.4, -0.2) is 28.3 Å². The van der Waals surface area contributed by atoms with Gasteiger partial charge in [0.1, 0.15) is 0 Å². The minimum absolute atomic E-state index is 0.457. The molecule has 4 heteroatoms. The van der Waals surface area contributed by atoms with Crippen molar-refractivity contribution in [2.24, 2.45) is 0 Å². The molecule has 0 bridgehead atoms. The third-order valence-electron chi connectivity index (χ3n) is 2.74. The molecule has 0 radical (unpaired) electrons. The first kappa shape index (κ1) is 12.7. The number of rotatable bonds is 6. The van der Waals surface area contributed by atoms with E-state index in [9.17, 15) is 0 Å². The highest BCUT2D eigenvalue weighted by molar-refractivity contribution is 4.99. The fourth-order valence-electron chi connectivity index (χ4n) is 1.49. The van der Waals surface area contributed by atoms with Crippen molar-refractivity contribution in [3.8, 4) is 6.07 Å². The quantitative estimate of drug-likeness (QED) is 0.738. The van der Waals surface area contributed by atoms with Crippen molar-refractivity contribution in [1.29, 1.82) is 5.26 Å². The Balaban J connectivity index is 2.49. The van der Waals surface area contributed by atoms with E-state index < -0.39 is 0 Å². The first-order chi connectivity index (χ1) is 7.67. The maximum atomic E-state index is 8.49. The van der Waals surface area contributed by atoms with Crippen LogP contribution < -0.4 is 0 Å². The highest BCUT2D eigenvalue weighted by atomic mass is 15.3. The molecule has 1 rings (SSSR count). The van der Waals surface area contributed by atoms with Crippen molar-refractivity contribution in [2.75, 3.05) is 13.6 Å². The van der Waals surface area contributed by atoms with Crippen molar-refractivity contribution in [2.45, 2.75) is 39.3 Å². The van der Waals surface area contributed by atoms with Crippen LogP contribution in [0.3, 0.4) is 0 Å². The van der Waals surface area contributed by atoms with Gasteiger partial charge in [0.25, 0.3) is 0 Å². The molecule has 88 valence electrons. The van der Waals surface area contributed by atoms with Gasteiger partial charge in [-0.1, -0.05) is 6.92 Å². The fourth-order valence-corrected chi connectivity index (χ4v) is 1.49. The highest BCUT2D eigenvalue weighted by Gasteiger charge is 2.06. The SMILES string of the molecule is CCC(C)n1ccc(CN(C)CCC#N)n1. The molecule has 0 aliphatic carbocycles. The van der Waals surface area contributed by atoms with Gasteiger partial charge < -0.3 is 0 Å². The summed E-state index contributed by atoms with van der Waals surface area (Å²) in [5, 5.41) is 13.0. The van der Waals surface area contributed by atoms with Crippen LogP contribution in [0.25, 0.3) is 0 Å². The van der Waals surface area contributed by atoms with Crippen LogP contribution in [0.5, 0.6) is 0 Å². The summed E-state index contributed by atoms with van der Waals surface area (Å²) in [4.78, 5) is 2.12. The molecule has 0 saturated carbocycles. The molecule has 1 aromatic heterocycles. The van der Waals surface area contributed by atoms with E-state index in [1.165, 1.54) is 0 Å². The van der Waals surface area contributed by atoms with Gasteiger partial charge in [0.15, 0.2) is 0 Å². The summed E-state index contributed by atoms with van der Waals surface area (Å²) in [6, 6.07) is 4.66. The van der Waals surface area contributed by atoms with Crippen LogP contribution in [0.1, 0.15) is 38.4 Å².